The highest BCUT2D eigenvalue weighted by Gasteiger charge is 2.08. The highest BCUT2D eigenvalue weighted by molar-refractivity contribution is 5.78. The van der Waals surface area contributed by atoms with E-state index in [9.17, 15) is 9.59 Å². The van der Waals surface area contributed by atoms with Gasteiger partial charge in [-0.05, 0) is 48.5 Å². The molecule has 5 rings (SSSR count). The quantitative estimate of drug-likeness (QED) is 0.477. The number of hydrogen-bond acceptors (Lipinski definition) is 6. The van der Waals surface area contributed by atoms with E-state index in [0.29, 0.717) is 33.3 Å². The average molecular weight is 398 g/mol. The van der Waals surface area contributed by atoms with Crippen LogP contribution in [0.5, 0.6) is 23.5 Å². The van der Waals surface area contributed by atoms with Crippen LogP contribution in [0, 0.1) is 0 Å². The fourth-order valence-corrected chi connectivity index (χ4v) is 3.03. The first-order chi connectivity index (χ1) is 14.7. The lowest BCUT2D eigenvalue weighted by Gasteiger charge is -2.08. The summed E-state index contributed by atoms with van der Waals surface area (Å²) in [4.78, 5) is 38.1. The molecule has 2 heterocycles. The van der Waals surface area contributed by atoms with Gasteiger partial charge >= 0.3 is 12.0 Å². The molecule has 30 heavy (non-hydrogen) atoms. The first kappa shape index (κ1) is 17.6. The normalized spacial score (nSPS) is 10.9. The van der Waals surface area contributed by atoms with E-state index in [1.807, 2.05) is 0 Å². The van der Waals surface area contributed by atoms with Crippen molar-refractivity contribution in [3.63, 3.8) is 0 Å². The molecule has 0 aliphatic carbocycles. The molecule has 0 saturated carbocycles. The number of rotatable bonds is 4. The van der Waals surface area contributed by atoms with E-state index in [-0.39, 0.29) is 23.1 Å². The number of aromatic amines is 2. The van der Waals surface area contributed by atoms with Gasteiger partial charge in [-0.1, -0.05) is 24.3 Å². The minimum atomic E-state index is -0.276. The molecular weight excluding hydrogens is 384 g/mol. The van der Waals surface area contributed by atoms with Crippen LogP contribution in [0.15, 0.2) is 82.4 Å². The van der Waals surface area contributed by atoms with Crippen molar-refractivity contribution in [2.45, 2.75) is 0 Å². The molecule has 2 N–H and O–H groups in total. The maximum Gasteiger partial charge on any atom is 0.302 e. The van der Waals surface area contributed by atoms with Gasteiger partial charge in [0.2, 0.25) is 0 Å². The number of fused-ring (bicyclic) bond motifs is 2. The van der Waals surface area contributed by atoms with Crippen LogP contribution in [0.1, 0.15) is 0 Å². The summed E-state index contributed by atoms with van der Waals surface area (Å²) in [5.74, 6) is 0.918. The second-order valence-electron chi connectivity index (χ2n) is 6.45. The Morgan fingerprint density at radius 2 is 0.967 bits per heavy atom. The molecule has 0 saturated heterocycles. The smallest absolute Gasteiger partial charge is 0.302 e. The monoisotopic (exact) mass is 398 g/mol. The van der Waals surface area contributed by atoms with E-state index < -0.39 is 0 Å². The highest BCUT2D eigenvalue weighted by atomic mass is 16.5. The van der Waals surface area contributed by atoms with Crippen LogP contribution >= 0.6 is 0 Å². The fourth-order valence-electron chi connectivity index (χ4n) is 3.03. The minimum absolute atomic E-state index is 0.0906. The number of benzene rings is 3. The van der Waals surface area contributed by atoms with E-state index in [4.69, 9.17) is 9.47 Å². The third kappa shape index (κ3) is 3.37. The zero-order chi connectivity index (χ0) is 20.5. The van der Waals surface area contributed by atoms with Crippen LogP contribution in [0.3, 0.4) is 0 Å². The largest absolute Gasteiger partial charge is 0.426 e. The van der Waals surface area contributed by atoms with Gasteiger partial charge in [-0.25, -0.2) is 0 Å². The molecule has 0 unspecified atom stereocenters. The lowest BCUT2D eigenvalue weighted by molar-refractivity contribution is 0.431. The van der Waals surface area contributed by atoms with E-state index in [1.165, 1.54) is 0 Å². The number of H-pyrrole nitrogens is 2. The molecule has 2 aromatic heterocycles. The van der Waals surface area contributed by atoms with Crippen molar-refractivity contribution < 1.29 is 9.47 Å². The van der Waals surface area contributed by atoms with Crippen molar-refractivity contribution in [1.29, 1.82) is 0 Å². The molecule has 8 nitrogen and oxygen atoms in total. The lowest BCUT2D eigenvalue weighted by atomic mass is 10.2. The zero-order valence-corrected chi connectivity index (χ0v) is 15.5. The first-order valence-corrected chi connectivity index (χ1v) is 9.10. The van der Waals surface area contributed by atoms with Gasteiger partial charge in [0.1, 0.15) is 11.5 Å². The number of aromatic nitrogens is 4. The molecule has 0 radical (unpaired) electrons. The molecule has 0 aliphatic rings. The Morgan fingerprint density at radius 1 is 0.567 bits per heavy atom. The van der Waals surface area contributed by atoms with Gasteiger partial charge in [0.25, 0.3) is 11.1 Å². The van der Waals surface area contributed by atoms with Crippen LogP contribution in [0.25, 0.3) is 21.8 Å². The van der Waals surface area contributed by atoms with Crippen LogP contribution < -0.4 is 20.6 Å². The van der Waals surface area contributed by atoms with E-state index >= 15 is 0 Å². The van der Waals surface area contributed by atoms with Crippen LogP contribution in [-0.4, -0.2) is 19.9 Å². The second-order valence-corrected chi connectivity index (χ2v) is 6.45. The Hall–Kier alpha value is -4.46. The molecule has 0 fully saturated rings. The third-order valence-electron chi connectivity index (χ3n) is 4.44. The Labute approximate surface area is 168 Å². The molecule has 0 aliphatic heterocycles. The van der Waals surface area contributed by atoms with Gasteiger partial charge in [-0.15, -0.1) is 0 Å². The summed E-state index contributed by atoms with van der Waals surface area (Å²) in [6, 6.07) is 20.8. The van der Waals surface area contributed by atoms with Gasteiger partial charge in [-0.3, -0.25) is 19.6 Å². The molecule has 3 aromatic carbocycles. The molecule has 8 heteroatoms. The van der Waals surface area contributed by atoms with Crippen LogP contribution in [0.2, 0.25) is 0 Å². The molecule has 146 valence electrons. The topological polar surface area (TPSA) is 110 Å². The van der Waals surface area contributed by atoms with Gasteiger partial charge in [0.05, 0.1) is 21.8 Å². The predicted molar refractivity (Wildman–Crippen MR) is 111 cm³/mol. The first-order valence-electron chi connectivity index (χ1n) is 9.10. The summed E-state index contributed by atoms with van der Waals surface area (Å²) in [5, 5.41) is 0.982. The molecule has 0 atom stereocenters. The standard InChI is InChI=1S/C22H14N4O4/c27-19-15-5-1-3-7-17(15)23-21(25-19)29-13-9-11-14(12-10-13)30-22-24-18-8-4-2-6-16(18)20(28)26-22/h1-12H,(H,23,25,27)(H,24,26,28). The number of para-hydroxylation sites is 2. The lowest BCUT2D eigenvalue weighted by Crippen LogP contribution is -2.09. The van der Waals surface area contributed by atoms with Crippen LogP contribution in [-0.2, 0) is 0 Å². The zero-order valence-electron chi connectivity index (χ0n) is 15.5. The maximum atomic E-state index is 12.1. The number of ether oxygens (including phenoxy) is 2. The third-order valence-corrected chi connectivity index (χ3v) is 4.44. The maximum absolute atomic E-state index is 12.1. The molecule has 0 spiro atoms. The van der Waals surface area contributed by atoms with Crippen LogP contribution in [0.4, 0.5) is 0 Å². The minimum Gasteiger partial charge on any atom is -0.426 e. The van der Waals surface area contributed by atoms with Crippen molar-refractivity contribution >= 4 is 21.8 Å². The van der Waals surface area contributed by atoms with Crippen molar-refractivity contribution in [2.75, 3.05) is 0 Å². The van der Waals surface area contributed by atoms with Gasteiger partial charge in [-0.2, -0.15) is 9.97 Å². The van der Waals surface area contributed by atoms with Crippen molar-refractivity contribution in [1.82, 2.24) is 19.9 Å². The van der Waals surface area contributed by atoms with Gasteiger partial charge in [0.15, 0.2) is 0 Å². The second kappa shape index (κ2) is 7.17. The Morgan fingerprint density at radius 3 is 1.40 bits per heavy atom. The Bertz CT molecular complexity index is 1380. The summed E-state index contributed by atoms with van der Waals surface area (Å²) in [6.45, 7) is 0. The van der Waals surface area contributed by atoms with E-state index in [0.717, 1.165) is 0 Å². The Balaban J connectivity index is 1.37. The predicted octanol–water partition coefficient (Wildman–Crippen LogP) is 3.74. The molecule has 0 amide bonds. The van der Waals surface area contributed by atoms with Gasteiger partial charge < -0.3 is 9.47 Å². The Kier molecular flexibility index (Phi) is 4.21. The highest BCUT2D eigenvalue weighted by Crippen LogP contribution is 2.24. The summed E-state index contributed by atoms with van der Waals surface area (Å²) < 4.78 is 11.3. The summed E-state index contributed by atoms with van der Waals surface area (Å²) >= 11 is 0. The van der Waals surface area contributed by atoms with Crippen molar-refractivity contribution in [3.05, 3.63) is 93.5 Å². The molecule has 5 aromatic rings. The number of nitrogens with zero attached hydrogens (tertiary/aromatic N) is 2. The number of hydrogen-bond donors (Lipinski definition) is 2. The summed E-state index contributed by atoms with van der Waals surface area (Å²) in [6.07, 6.45) is 0. The van der Waals surface area contributed by atoms with E-state index in [1.54, 1.807) is 72.8 Å². The van der Waals surface area contributed by atoms with Gasteiger partial charge in [0, 0.05) is 0 Å². The average Bonchev–Trinajstić information content (AvgIpc) is 2.75. The number of nitrogens with one attached hydrogen (secondary N) is 2. The molecule has 0 bridgehead atoms. The molecular formula is C22H14N4O4. The van der Waals surface area contributed by atoms with Crippen molar-refractivity contribution in [2.24, 2.45) is 0 Å². The SMILES string of the molecule is O=c1[nH]c(Oc2ccc(Oc3nc4ccccc4c(=O)[nH]3)cc2)nc2ccccc12. The summed E-state index contributed by atoms with van der Waals surface area (Å²) in [5.41, 5.74) is 0.536. The summed E-state index contributed by atoms with van der Waals surface area (Å²) in [7, 11) is 0. The van der Waals surface area contributed by atoms with E-state index in [2.05, 4.69) is 19.9 Å². The fraction of sp³-hybridized carbons (Fsp3) is 0. The van der Waals surface area contributed by atoms with Crippen molar-refractivity contribution in [3.8, 4) is 23.5 Å².